The lowest BCUT2D eigenvalue weighted by atomic mass is 10.0. The first kappa shape index (κ1) is 19.9. The minimum atomic E-state index is -0.0659. The summed E-state index contributed by atoms with van der Waals surface area (Å²) in [5.41, 5.74) is 5.27. The number of nitrogens with zero attached hydrogens (tertiary/aromatic N) is 1. The molecular formula is C26H26N2O2. The molecule has 30 heavy (non-hydrogen) atoms. The van der Waals surface area contributed by atoms with E-state index in [1.54, 1.807) is 0 Å². The Hall–Kier alpha value is -3.40. The van der Waals surface area contributed by atoms with Crippen LogP contribution in [0.25, 0.3) is 11.1 Å². The second kappa shape index (κ2) is 8.95. The molecule has 1 unspecified atom stereocenters. The Labute approximate surface area is 177 Å². The molecule has 1 aliphatic heterocycles. The van der Waals surface area contributed by atoms with Gasteiger partial charge >= 0.3 is 0 Å². The van der Waals surface area contributed by atoms with Crippen LogP contribution < -0.4 is 10.2 Å². The van der Waals surface area contributed by atoms with Crippen LogP contribution in [0.4, 0.5) is 5.69 Å². The summed E-state index contributed by atoms with van der Waals surface area (Å²) in [5, 5.41) is 3.08. The van der Waals surface area contributed by atoms with E-state index in [0.29, 0.717) is 12.8 Å². The molecule has 0 saturated carbocycles. The van der Waals surface area contributed by atoms with E-state index in [4.69, 9.17) is 0 Å². The van der Waals surface area contributed by atoms with Crippen LogP contribution >= 0.6 is 0 Å². The van der Waals surface area contributed by atoms with Crippen molar-refractivity contribution in [1.29, 1.82) is 0 Å². The molecule has 3 aromatic carbocycles. The van der Waals surface area contributed by atoms with Crippen LogP contribution in [0.3, 0.4) is 0 Å². The van der Waals surface area contributed by atoms with Crippen LogP contribution in [0.5, 0.6) is 0 Å². The van der Waals surface area contributed by atoms with E-state index in [9.17, 15) is 9.59 Å². The predicted octanol–water partition coefficient (Wildman–Crippen LogP) is 4.90. The van der Waals surface area contributed by atoms with E-state index < -0.39 is 0 Å². The third-order valence-electron chi connectivity index (χ3n) is 5.58. The summed E-state index contributed by atoms with van der Waals surface area (Å²) >= 11 is 0. The van der Waals surface area contributed by atoms with E-state index in [-0.39, 0.29) is 17.9 Å². The highest BCUT2D eigenvalue weighted by molar-refractivity contribution is 5.95. The maximum absolute atomic E-state index is 12.5. The molecule has 1 fully saturated rings. The van der Waals surface area contributed by atoms with Crippen molar-refractivity contribution in [3.63, 3.8) is 0 Å². The van der Waals surface area contributed by atoms with Crippen molar-refractivity contribution in [2.45, 2.75) is 32.2 Å². The number of hydrogen-bond acceptors (Lipinski definition) is 2. The van der Waals surface area contributed by atoms with E-state index >= 15 is 0 Å². The SMILES string of the molecule is CC(NC(=O)Cc1ccc(N2CCCC2=O)cc1)c1ccc(-c2ccccc2)cc1. The largest absolute Gasteiger partial charge is 0.349 e. The Bertz CT molecular complexity index is 1010. The highest BCUT2D eigenvalue weighted by Crippen LogP contribution is 2.23. The number of benzene rings is 3. The van der Waals surface area contributed by atoms with E-state index in [2.05, 4.69) is 41.7 Å². The van der Waals surface area contributed by atoms with Gasteiger partial charge in [0.2, 0.25) is 11.8 Å². The van der Waals surface area contributed by atoms with Gasteiger partial charge in [-0.25, -0.2) is 0 Å². The number of amides is 2. The van der Waals surface area contributed by atoms with Crippen LogP contribution in [0.1, 0.15) is 36.9 Å². The van der Waals surface area contributed by atoms with Crippen LogP contribution in [0, 0.1) is 0 Å². The molecule has 3 aromatic rings. The quantitative estimate of drug-likeness (QED) is 0.642. The second-order valence-electron chi connectivity index (χ2n) is 7.77. The third-order valence-corrected chi connectivity index (χ3v) is 5.58. The molecule has 0 bridgehead atoms. The highest BCUT2D eigenvalue weighted by Gasteiger charge is 2.21. The van der Waals surface area contributed by atoms with Crippen molar-refractivity contribution in [1.82, 2.24) is 5.32 Å². The van der Waals surface area contributed by atoms with Crippen LogP contribution in [-0.4, -0.2) is 18.4 Å². The Morgan fingerprint density at radius 1 is 0.933 bits per heavy atom. The van der Waals surface area contributed by atoms with Gasteiger partial charge in [-0.05, 0) is 47.7 Å². The van der Waals surface area contributed by atoms with Gasteiger partial charge < -0.3 is 10.2 Å². The summed E-state index contributed by atoms with van der Waals surface area (Å²) in [6.45, 7) is 2.77. The molecule has 1 N–H and O–H groups in total. The van der Waals surface area contributed by atoms with Crippen molar-refractivity contribution in [3.05, 3.63) is 90.0 Å². The normalized spacial score (nSPS) is 14.6. The lowest BCUT2D eigenvalue weighted by molar-refractivity contribution is -0.121. The number of rotatable bonds is 6. The molecule has 1 heterocycles. The Morgan fingerprint density at radius 3 is 2.23 bits per heavy atom. The lowest BCUT2D eigenvalue weighted by Gasteiger charge is -2.17. The second-order valence-corrected chi connectivity index (χ2v) is 7.77. The molecule has 0 aliphatic carbocycles. The van der Waals surface area contributed by atoms with Gasteiger partial charge in [0, 0.05) is 18.7 Å². The average molecular weight is 399 g/mol. The molecule has 2 amide bonds. The van der Waals surface area contributed by atoms with Gasteiger partial charge in [0.15, 0.2) is 0 Å². The average Bonchev–Trinajstić information content (AvgIpc) is 3.21. The van der Waals surface area contributed by atoms with Crippen LogP contribution in [-0.2, 0) is 16.0 Å². The van der Waals surface area contributed by atoms with Gasteiger partial charge in [0.1, 0.15) is 0 Å². The molecule has 4 heteroatoms. The summed E-state index contributed by atoms with van der Waals surface area (Å²) in [4.78, 5) is 26.2. The first-order valence-corrected chi connectivity index (χ1v) is 10.4. The van der Waals surface area contributed by atoms with Gasteiger partial charge in [0.05, 0.1) is 12.5 Å². The first-order valence-electron chi connectivity index (χ1n) is 10.4. The van der Waals surface area contributed by atoms with Gasteiger partial charge in [0.25, 0.3) is 0 Å². The van der Waals surface area contributed by atoms with Crippen molar-refractivity contribution < 1.29 is 9.59 Å². The molecule has 1 aliphatic rings. The third kappa shape index (κ3) is 4.60. The fraction of sp³-hybridized carbons (Fsp3) is 0.231. The molecule has 0 spiro atoms. The van der Waals surface area contributed by atoms with Crippen molar-refractivity contribution in [3.8, 4) is 11.1 Å². The standard InChI is InChI=1S/C26H26N2O2/c1-19(21-11-13-23(14-12-21)22-6-3-2-4-7-22)27-25(29)18-20-9-15-24(16-10-20)28-17-5-8-26(28)30/h2-4,6-7,9-16,19H,5,8,17-18H2,1H3,(H,27,29). The fourth-order valence-corrected chi connectivity index (χ4v) is 3.87. The summed E-state index contributed by atoms with van der Waals surface area (Å²) in [5.74, 6) is 0.159. The Balaban J connectivity index is 1.34. The summed E-state index contributed by atoms with van der Waals surface area (Å²) in [6, 6.07) is 26.2. The number of nitrogens with one attached hydrogen (secondary N) is 1. The predicted molar refractivity (Wildman–Crippen MR) is 120 cm³/mol. The van der Waals surface area contributed by atoms with E-state index in [0.717, 1.165) is 35.3 Å². The topological polar surface area (TPSA) is 49.4 Å². The number of carbonyl (C=O) groups is 2. The van der Waals surface area contributed by atoms with Gasteiger partial charge in [-0.1, -0.05) is 66.7 Å². The number of carbonyl (C=O) groups excluding carboxylic acids is 2. The minimum Gasteiger partial charge on any atom is -0.349 e. The summed E-state index contributed by atoms with van der Waals surface area (Å²) in [6.07, 6.45) is 1.85. The summed E-state index contributed by atoms with van der Waals surface area (Å²) in [7, 11) is 0. The molecule has 152 valence electrons. The highest BCUT2D eigenvalue weighted by atomic mass is 16.2. The maximum Gasteiger partial charge on any atom is 0.227 e. The molecule has 4 rings (SSSR count). The molecular weight excluding hydrogens is 372 g/mol. The van der Waals surface area contributed by atoms with Gasteiger partial charge in [-0.2, -0.15) is 0 Å². The first-order chi connectivity index (χ1) is 14.6. The molecule has 1 atom stereocenters. The Morgan fingerprint density at radius 2 is 1.60 bits per heavy atom. The zero-order chi connectivity index (χ0) is 20.9. The molecule has 4 nitrogen and oxygen atoms in total. The van der Waals surface area contributed by atoms with Crippen LogP contribution in [0.15, 0.2) is 78.9 Å². The Kier molecular flexibility index (Phi) is 5.94. The number of hydrogen-bond donors (Lipinski definition) is 1. The van der Waals surface area contributed by atoms with Gasteiger partial charge in [-0.3, -0.25) is 9.59 Å². The van der Waals surface area contributed by atoms with Crippen molar-refractivity contribution >= 4 is 17.5 Å². The van der Waals surface area contributed by atoms with Crippen molar-refractivity contribution in [2.24, 2.45) is 0 Å². The van der Waals surface area contributed by atoms with E-state index in [1.807, 2.05) is 54.3 Å². The molecule has 0 radical (unpaired) electrons. The van der Waals surface area contributed by atoms with E-state index in [1.165, 1.54) is 5.56 Å². The minimum absolute atomic E-state index is 0.0142. The molecule has 0 aromatic heterocycles. The van der Waals surface area contributed by atoms with Crippen LogP contribution in [0.2, 0.25) is 0 Å². The summed E-state index contributed by atoms with van der Waals surface area (Å²) < 4.78 is 0. The fourth-order valence-electron chi connectivity index (χ4n) is 3.87. The zero-order valence-electron chi connectivity index (χ0n) is 17.2. The molecule has 1 saturated heterocycles. The monoisotopic (exact) mass is 398 g/mol. The van der Waals surface area contributed by atoms with Gasteiger partial charge in [-0.15, -0.1) is 0 Å². The smallest absolute Gasteiger partial charge is 0.227 e. The number of anilines is 1. The lowest BCUT2D eigenvalue weighted by Crippen LogP contribution is -2.28. The maximum atomic E-state index is 12.5. The van der Waals surface area contributed by atoms with Crippen molar-refractivity contribution in [2.75, 3.05) is 11.4 Å². The zero-order valence-corrected chi connectivity index (χ0v) is 17.2.